The summed E-state index contributed by atoms with van der Waals surface area (Å²) in [4.78, 5) is 13.4. The summed E-state index contributed by atoms with van der Waals surface area (Å²) in [5, 5.41) is 6.67. The molecule has 1 N–H and O–H groups in total. The van der Waals surface area contributed by atoms with Crippen LogP contribution in [0.4, 0.5) is 5.82 Å². The van der Waals surface area contributed by atoms with Gasteiger partial charge in [-0.05, 0) is 35.9 Å². The van der Waals surface area contributed by atoms with Crippen LogP contribution in [0, 0.1) is 0 Å². The van der Waals surface area contributed by atoms with Crippen molar-refractivity contribution in [1.82, 2.24) is 19.5 Å². The van der Waals surface area contributed by atoms with Crippen LogP contribution < -0.4 is 5.32 Å². The van der Waals surface area contributed by atoms with Crippen molar-refractivity contribution in [2.45, 2.75) is 19.4 Å². The number of nitrogens with one attached hydrogen (secondary N) is 1. The van der Waals surface area contributed by atoms with Gasteiger partial charge in [0.2, 0.25) is 5.28 Å². The highest BCUT2D eigenvalue weighted by molar-refractivity contribution is 7.16. The van der Waals surface area contributed by atoms with Gasteiger partial charge in [0.05, 0.1) is 11.7 Å². The Labute approximate surface area is 125 Å². The van der Waals surface area contributed by atoms with Gasteiger partial charge in [0.1, 0.15) is 10.6 Å². The number of aryl methyl sites for hydroxylation is 1. The first-order valence-corrected chi connectivity index (χ1v) is 7.69. The Morgan fingerprint density at radius 2 is 2.25 bits per heavy atom. The maximum atomic E-state index is 5.92. The maximum Gasteiger partial charge on any atom is 0.225 e. The van der Waals surface area contributed by atoms with Crippen LogP contribution in [0.1, 0.15) is 12.8 Å². The summed E-state index contributed by atoms with van der Waals surface area (Å²) in [5.41, 5.74) is 0. The molecule has 0 aromatic carbocycles. The largest absolute Gasteiger partial charge is 0.369 e. The topological polar surface area (TPSA) is 55.6 Å². The van der Waals surface area contributed by atoms with E-state index in [1.165, 1.54) is 0 Å². The number of unbranched alkanes of at least 4 members (excludes halogenated alkanes) is 1. The summed E-state index contributed by atoms with van der Waals surface area (Å²) >= 11 is 7.49. The van der Waals surface area contributed by atoms with Crippen molar-refractivity contribution in [3.63, 3.8) is 0 Å². The molecule has 3 rings (SSSR count). The number of aromatic nitrogens is 4. The average molecular weight is 308 g/mol. The highest BCUT2D eigenvalue weighted by Gasteiger charge is 2.06. The van der Waals surface area contributed by atoms with Crippen molar-refractivity contribution in [1.29, 1.82) is 0 Å². The molecule has 20 heavy (non-hydrogen) atoms. The van der Waals surface area contributed by atoms with Gasteiger partial charge in [-0.1, -0.05) is 0 Å². The molecule has 0 saturated carbocycles. The van der Waals surface area contributed by atoms with Gasteiger partial charge in [0.15, 0.2) is 0 Å². The Balaban J connectivity index is 1.53. The minimum atomic E-state index is 0.292. The smallest absolute Gasteiger partial charge is 0.225 e. The summed E-state index contributed by atoms with van der Waals surface area (Å²) in [6.45, 7) is 1.85. The number of fused-ring (bicyclic) bond motifs is 1. The Kier molecular flexibility index (Phi) is 4.13. The van der Waals surface area contributed by atoms with Crippen molar-refractivity contribution in [3.05, 3.63) is 35.5 Å². The minimum Gasteiger partial charge on any atom is -0.369 e. The van der Waals surface area contributed by atoms with E-state index in [0.29, 0.717) is 5.28 Å². The second-order valence-electron chi connectivity index (χ2n) is 4.42. The van der Waals surface area contributed by atoms with E-state index in [4.69, 9.17) is 11.6 Å². The number of imidazole rings is 1. The lowest BCUT2D eigenvalue weighted by molar-refractivity contribution is 0.621. The summed E-state index contributed by atoms with van der Waals surface area (Å²) in [6.07, 6.45) is 7.77. The summed E-state index contributed by atoms with van der Waals surface area (Å²) in [7, 11) is 0. The molecule has 0 atom stereocenters. The SMILES string of the molecule is Clc1nc(NCCCCn2ccnc2)c2ccsc2n1. The summed E-state index contributed by atoms with van der Waals surface area (Å²) in [5.74, 6) is 0.823. The molecule has 0 spiro atoms. The van der Waals surface area contributed by atoms with Gasteiger partial charge < -0.3 is 9.88 Å². The van der Waals surface area contributed by atoms with Crippen LogP contribution in [0.25, 0.3) is 10.2 Å². The predicted octanol–water partition coefficient (Wildman–Crippen LogP) is 3.43. The second kappa shape index (κ2) is 6.19. The number of thiophene rings is 1. The van der Waals surface area contributed by atoms with E-state index in [-0.39, 0.29) is 0 Å². The number of hydrogen-bond donors (Lipinski definition) is 1. The molecule has 3 heterocycles. The molecule has 104 valence electrons. The molecule has 0 aliphatic carbocycles. The molecular formula is C13H14ClN5S. The molecule has 3 aromatic heterocycles. The van der Waals surface area contributed by atoms with Gasteiger partial charge in [-0.3, -0.25) is 0 Å². The fraction of sp³-hybridized carbons (Fsp3) is 0.308. The lowest BCUT2D eigenvalue weighted by atomic mass is 10.3. The number of halogens is 1. The third-order valence-corrected chi connectivity index (χ3v) is 3.97. The Morgan fingerprint density at radius 1 is 1.30 bits per heavy atom. The first kappa shape index (κ1) is 13.3. The van der Waals surface area contributed by atoms with Gasteiger partial charge >= 0.3 is 0 Å². The lowest BCUT2D eigenvalue weighted by Crippen LogP contribution is -2.05. The number of hydrogen-bond acceptors (Lipinski definition) is 5. The van der Waals surface area contributed by atoms with Crippen molar-refractivity contribution in [3.8, 4) is 0 Å². The molecule has 7 heteroatoms. The fourth-order valence-corrected chi connectivity index (χ4v) is 2.99. The monoisotopic (exact) mass is 307 g/mol. The highest BCUT2D eigenvalue weighted by atomic mass is 35.5. The van der Waals surface area contributed by atoms with Crippen molar-refractivity contribution in [2.24, 2.45) is 0 Å². The molecule has 0 bridgehead atoms. The molecule has 0 aliphatic heterocycles. The zero-order valence-electron chi connectivity index (χ0n) is 10.8. The zero-order chi connectivity index (χ0) is 13.8. The third-order valence-electron chi connectivity index (χ3n) is 2.99. The number of nitrogens with zero attached hydrogens (tertiary/aromatic N) is 4. The van der Waals surface area contributed by atoms with Gasteiger partial charge in [0, 0.05) is 25.5 Å². The predicted molar refractivity (Wildman–Crippen MR) is 82.4 cm³/mol. The lowest BCUT2D eigenvalue weighted by Gasteiger charge is -2.07. The zero-order valence-corrected chi connectivity index (χ0v) is 12.4. The molecule has 0 fully saturated rings. The number of rotatable bonds is 6. The first-order chi connectivity index (χ1) is 9.83. The van der Waals surface area contributed by atoms with E-state index in [1.807, 2.05) is 24.0 Å². The fourth-order valence-electron chi connectivity index (χ4n) is 2.01. The van der Waals surface area contributed by atoms with Gasteiger partial charge in [-0.15, -0.1) is 11.3 Å². The third kappa shape index (κ3) is 3.08. The molecule has 0 aliphatic rings. The average Bonchev–Trinajstić information content (AvgIpc) is 3.08. The van der Waals surface area contributed by atoms with E-state index in [1.54, 1.807) is 17.5 Å². The van der Waals surface area contributed by atoms with Gasteiger partial charge in [-0.25, -0.2) is 15.0 Å². The van der Waals surface area contributed by atoms with Crippen LogP contribution in [0.15, 0.2) is 30.2 Å². The van der Waals surface area contributed by atoms with E-state index in [2.05, 4.69) is 24.8 Å². The summed E-state index contributed by atoms with van der Waals surface area (Å²) < 4.78 is 2.08. The molecule has 3 aromatic rings. The molecular weight excluding hydrogens is 294 g/mol. The standard InChI is InChI=1S/C13H14ClN5S/c14-13-17-11(10-3-8-20-12(10)18-13)16-4-1-2-6-19-7-5-15-9-19/h3,5,7-9H,1-2,4,6H2,(H,16,17,18). The van der Waals surface area contributed by atoms with Crippen LogP contribution in [0.5, 0.6) is 0 Å². The van der Waals surface area contributed by atoms with E-state index in [9.17, 15) is 0 Å². The Hall–Kier alpha value is -1.66. The summed E-state index contributed by atoms with van der Waals surface area (Å²) in [6, 6.07) is 2.02. The van der Waals surface area contributed by atoms with Crippen LogP contribution in [-0.4, -0.2) is 26.1 Å². The first-order valence-electron chi connectivity index (χ1n) is 6.43. The van der Waals surface area contributed by atoms with Crippen LogP contribution >= 0.6 is 22.9 Å². The van der Waals surface area contributed by atoms with Crippen molar-refractivity contribution >= 4 is 39.0 Å². The number of anilines is 1. The van der Waals surface area contributed by atoms with E-state index in [0.717, 1.165) is 42.0 Å². The quantitative estimate of drug-likeness (QED) is 0.560. The highest BCUT2D eigenvalue weighted by Crippen LogP contribution is 2.26. The van der Waals surface area contributed by atoms with Gasteiger partial charge in [0.25, 0.3) is 0 Å². The normalized spacial score (nSPS) is 11.1. The molecule has 0 amide bonds. The van der Waals surface area contributed by atoms with Crippen molar-refractivity contribution < 1.29 is 0 Å². The van der Waals surface area contributed by atoms with Gasteiger partial charge in [-0.2, -0.15) is 0 Å². The van der Waals surface area contributed by atoms with E-state index < -0.39 is 0 Å². The van der Waals surface area contributed by atoms with Crippen molar-refractivity contribution in [2.75, 3.05) is 11.9 Å². The molecule has 0 unspecified atom stereocenters. The molecule has 0 saturated heterocycles. The maximum absolute atomic E-state index is 5.92. The second-order valence-corrected chi connectivity index (χ2v) is 5.65. The van der Waals surface area contributed by atoms with Crippen LogP contribution in [0.2, 0.25) is 5.28 Å². The van der Waals surface area contributed by atoms with E-state index >= 15 is 0 Å². The van der Waals surface area contributed by atoms with Crippen LogP contribution in [-0.2, 0) is 6.54 Å². The Bertz CT molecular complexity index is 679. The minimum absolute atomic E-state index is 0.292. The molecule has 5 nitrogen and oxygen atoms in total. The van der Waals surface area contributed by atoms with Crippen LogP contribution in [0.3, 0.4) is 0 Å². The Morgan fingerprint density at radius 3 is 3.10 bits per heavy atom. The molecule has 0 radical (unpaired) electrons.